The molecule has 9 N–H and O–H groups in total. The van der Waals surface area contributed by atoms with E-state index in [-0.39, 0.29) is 6.10 Å². The van der Waals surface area contributed by atoms with Crippen molar-refractivity contribution >= 4 is 0 Å². The highest BCUT2D eigenvalue weighted by Gasteiger charge is 2.06. The Bertz CT molecular complexity index is 546. The third-order valence-corrected chi connectivity index (χ3v) is 9.82. The quantitative estimate of drug-likeness (QED) is 0.0444. The monoisotopic (exact) mass is 625 g/mol. The zero-order chi connectivity index (χ0) is 32.5. The van der Waals surface area contributed by atoms with Crippen molar-refractivity contribution in [2.24, 2.45) is 22.9 Å². The highest BCUT2D eigenvalue weighted by Crippen LogP contribution is 2.17. The lowest BCUT2D eigenvalue weighted by Gasteiger charge is -2.13. The molecular weight excluding hydrogens is 540 g/mol. The summed E-state index contributed by atoms with van der Waals surface area (Å²) in [4.78, 5) is 0. The van der Waals surface area contributed by atoms with Crippen molar-refractivity contribution in [2.45, 2.75) is 250 Å². The van der Waals surface area contributed by atoms with Crippen LogP contribution in [0.1, 0.15) is 219 Å². The van der Waals surface area contributed by atoms with Crippen LogP contribution in [0, 0.1) is 0 Å². The number of rotatable bonds is 36. The first kappa shape index (κ1) is 43.8. The molecule has 0 rings (SSSR count). The van der Waals surface area contributed by atoms with Crippen LogP contribution in [0.15, 0.2) is 0 Å². The lowest BCUT2D eigenvalue weighted by molar-refractivity contribution is 0.180. The molecule has 0 saturated heterocycles. The predicted molar refractivity (Wildman–Crippen MR) is 197 cm³/mol. The third-order valence-electron chi connectivity index (χ3n) is 9.82. The van der Waals surface area contributed by atoms with Gasteiger partial charge in [-0.3, -0.25) is 0 Å². The minimum absolute atomic E-state index is 0.142. The van der Waals surface area contributed by atoms with Gasteiger partial charge < -0.3 is 28.0 Å². The van der Waals surface area contributed by atoms with E-state index >= 15 is 0 Å². The number of unbranched alkanes of at least 4 members (excludes halogenated alkanes) is 18. The first-order valence-corrected chi connectivity index (χ1v) is 20.1. The summed E-state index contributed by atoms with van der Waals surface area (Å²) in [6.45, 7) is 4.14. The molecule has 5 unspecified atom stereocenters. The number of aliphatic hydroxyl groups is 1. The molecule has 0 aliphatic heterocycles. The molecule has 0 heterocycles. The van der Waals surface area contributed by atoms with Gasteiger partial charge in [-0.25, -0.2) is 0 Å². The van der Waals surface area contributed by atoms with E-state index in [2.05, 4.69) is 6.92 Å². The van der Waals surface area contributed by atoms with Crippen molar-refractivity contribution in [3.8, 4) is 0 Å². The van der Waals surface area contributed by atoms with E-state index in [1.165, 1.54) is 193 Å². The second-order valence-electron chi connectivity index (χ2n) is 14.8. The second-order valence-corrected chi connectivity index (χ2v) is 14.8. The Morgan fingerprint density at radius 3 is 0.705 bits per heavy atom. The summed E-state index contributed by atoms with van der Waals surface area (Å²) in [5.41, 5.74) is 25.3. The molecule has 0 aromatic heterocycles. The lowest BCUT2D eigenvalue weighted by Crippen LogP contribution is -2.20. The minimum Gasteiger partial charge on any atom is -0.393 e. The Hall–Kier alpha value is -0.200. The average molecular weight is 625 g/mol. The number of hydrogen-bond acceptors (Lipinski definition) is 5. The Balaban J connectivity index is 3.36. The highest BCUT2D eigenvalue weighted by atomic mass is 16.3. The molecule has 0 aromatic rings. The van der Waals surface area contributed by atoms with Crippen molar-refractivity contribution in [3.05, 3.63) is 0 Å². The standard InChI is InChI=1S/C39H84N4O/c1-3-4-17-27-36(40)28-20-11-6-12-21-31-38(42)32-24-15-8-16-25-34-39(43)33-23-14-7-13-22-30-37(41)29-19-10-5-9-18-26-35(2)44/h35-39,44H,3-34,40-43H2,1-2H3. The summed E-state index contributed by atoms with van der Waals surface area (Å²) in [7, 11) is 0. The van der Waals surface area contributed by atoms with E-state index in [9.17, 15) is 5.11 Å². The molecule has 0 radical (unpaired) electrons. The molecule has 5 heteroatoms. The van der Waals surface area contributed by atoms with Crippen molar-refractivity contribution in [2.75, 3.05) is 0 Å². The molecule has 5 atom stereocenters. The number of aliphatic hydroxyl groups excluding tert-OH is 1. The minimum atomic E-state index is -0.142. The first-order valence-electron chi connectivity index (χ1n) is 20.1. The Kier molecular flexibility index (Phi) is 34.0. The summed E-state index contributed by atoms with van der Waals surface area (Å²) in [6.07, 6.45) is 40.3. The zero-order valence-electron chi connectivity index (χ0n) is 30.3. The fraction of sp³-hybridized carbons (Fsp3) is 1.00. The molecule has 0 saturated carbocycles. The number of nitrogens with two attached hydrogens (primary N) is 4. The van der Waals surface area contributed by atoms with Crippen LogP contribution in [0.4, 0.5) is 0 Å². The van der Waals surface area contributed by atoms with E-state index in [1.54, 1.807) is 0 Å². The van der Waals surface area contributed by atoms with E-state index in [4.69, 9.17) is 22.9 Å². The summed E-state index contributed by atoms with van der Waals surface area (Å²) in [6, 6.07) is 1.61. The molecule has 266 valence electrons. The largest absolute Gasteiger partial charge is 0.393 e. The molecule has 0 aromatic carbocycles. The maximum atomic E-state index is 9.30. The van der Waals surface area contributed by atoms with Gasteiger partial charge in [0.25, 0.3) is 0 Å². The number of hydrogen-bond donors (Lipinski definition) is 5. The van der Waals surface area contributed by atoms with Crippen LogP contribution in [0.2, 0.25) is 0 Å². The van der Waals surface area contributed by atoms with Crippen molar-refractivity contribution in [1.82, 2.24) is 0 Å². The van der Waals surface area contributed by atoms with Gasteiger partial charge in [0, 0.05) is 24.2 Å². The van der Waals surface area contributed by atoms with Crippen molar-refractivity contribution in [3.63, 3.8) is 0 Å². The van der Waals surface area contributed by atoms with Crippen LogP contribution in [0.5, 0.6) is 0 Å². The van der Waals surface area contributed by atoms with Gasteiger partial charge in [0.15, 0.2) is 0 Å². The van der Waals surface area contributed by atoms with Gasteiger partial charge in [-0.1, -0.05) is 155 Å². The SMILES string of the molecule is CCCCCC(N)CCCCCCCC(N)CCCCCCCC(N)CCCCCCCC(N)CCCCCCCC(C)O. The van der Waals surface area contributed by atoms with Crippen molar-refractivity contribution < 1.29 is 5.11 Å². The Morgan fingerprint density at radius 1 is 0.318 bits per heavy atom. The first-order chi connectivity index (χ1) is 21.3. The van der Waals surface area contributed by atoms with Crippen LogP contribution >= 0.6 is 0 Å². The van der Waals surface area contributed by atoms with Crippen molar-refractivity contribution in [1.29, 1.82) is 0 Å². The van der Waals surface area contributed by atoms with Gasteiger partial charge in [0.2, 0.25) is 0 Å². The van der Waals surface area contributed by atoms with E-state index in [0.717, 1.165) is 12.8 Å². The Labute approximate surface area is 277 Å². The van der Waals surface area contributed by atoms with E-state index < -0.39 is 0 Å². The Morgan fingerprint density at radius 2 is 0.500 bits per heavy atom. The smallest absolute Gasteiger partial charge is 0.0512 e. The fourth-order valence-corrected chi connectivity index (χ4v) is 6.64. The van der Waals surface area contributed by atoms with Gasteiger partial charge in [-0.2, -0.15) is 0 Å². The van der Waals surface area contributed by atoms with E-state index in [0.29, 0.717) is 24.2 Å². The summed E-state index contributed by atoms with van der Waals surface area (Å²) < 4.78 is 0. The molecule has 44 heavy (non-hydrogen) atoms. The van der Waals surface area contributed by atoms with Gasteiger partial charge in [0.05, 0.1) is 6.10 Å². The molecule has 0 aliphatic rings. The second kappa shape index (κ2) is 34.1. The van der Waals surface area contributed by atoms with Crippen LogP contribution in [-0.2, 0) is 0 Å². The van der Waals surface area contributed by atoms with Gasteiger partial charge in [-0.05, 0) is 64.7 Å². The summed E-state index contributed by atoms with van der Waals surface area (Å²) in [5, 5.41) is 9.30. The molecule has 0 amide bonds. The summed E-state index contributed by atoms with van der Waals surface area (Å²) >= 11 is 0. The van der Waals surface area contributed by atoms with Gasteiger partial charge in [0.1, 0.15) is 0 Å². The average Bonchev–Trinajstić information content (AvgIpc) is 2.99. The lowest BCUT2D eigenvalue weighted by atomic mass is 9.98. The van der Waals surface area contributed by atoms with Crippen LogP contribution in [0.3, 0.4) is 0 Å². The normalized spacial score (nSPS) is 15.3. The predicted octanol–water partition coefficient (Wildman–Crippen LogP) is 10.2. The van der Waals surface area contributed by atoms with Crippen LogP contribution in [-0.4, -0.2) is 35.4 Å². The third kappa shape index (κ3) is 34.7. The fourth-order valence-electron chi connectivity index (χ4n) is 6.64. The molecule has 0 spiro atoms. The van der Waals surface area contributed by atoms with E-state index in [1.807, 2.05) is 6.92 Å². The van der Waals surface area contributed by atoms with Crippen LogP contribution < -0.4 is 22.9 Å². The van der Waals surface area contributed by atoms with Gasteiger partial charge in [-0.15, -0.1) is 0 Å². The van der Waals surface area contributed by atoms with Crippen LogP contribution in [0.25, 0.3) is 0 Å². The topological polar surface area (TPSA) is 124 Å². The zero-order valence-corrected chi connectivity index (χ0v) is 30.3. The maximum Gasteiger partial charge on any atom is 0.0512 e. The van der Waals surface area contributed by atoms with Gasteiger partial charge >= 0.3 is 0 Å². The summed E-state index contributed by atoms with van der Waals surface area (Å²) in [5.74, 6) is 0. The molecule has 0 fully saturated rings. The molecule has 0 aliphatic carbocycles. The molecule has 5 nitrogen and oxygen atoms in total. The highest BCUT2D eigenvalue weighted by molar-refractivity contribution is 4.66. The maximum absolute atomic E-state index is 9.30. The molecular formula is C39H84N4O. The molecule has 0 bridgehead atoms.